The van der Waals surface area contributed by atoms with Gasteiger partial charge in [0.1, 0.15) is 6.54 Å². The van der Waals surface area contributed by atoms with Crippen molar-refractivity contribution in [3.63, 3.8) is 0 Å². The number of benzene rings is 1. The number of imide groups is 1. The fourth-order valence-electron chi connectivity index (χ4n) is 1.83. The molecule has 0 bridgehead atoms. The summed E-state index contributed by atoms with van der Waals surface area (Å²) in [5, 5.41) is 0.321. The fourth-order valence-corrected chi connectivity index (χ4v) is 3.12. The summed E-state index contributed by atoms with van der Waals surface area (Å²) in [7, 11) is 0. The topological polar surface area (TPSA) is 63.7 Å². The average molecular weight is 388 g/mol. The molecule has 0 saturated carbocycles. The maximum atomic E-state index is 12.3. The van der Waals surface area contributed by atoms with E-state index in [1.54, 1.807) is 18.2 Å². The van der Waals surface area contributed by atoms with Crippen LogP contribution in [0.5, 0.6) is 0 Å². The predicted molar refractivity (Wildman–Crippen MR) is 94.9 cm³/mol. The number of esters is 1. The highest BCUT2D eigenvalue weighted by Gasteiger charge is 2.36. The van der Waals surface area contributed by atoms with Crippen molar-refractivity contribution in [3.8, 4) is 0 Å². The van der Waals surface area contributed by atoms with Crippen molar-refractivity contribution in [2.45, 2.75) is 13.8 Å². The number of hydrogen-bond acceptors (Lipinski definition) is 5. The van der Waals surface area contributed by atoms with Crippen LogP contribution in [0.3, 0.4) is 0 Å². The van der Waals surface area contributed by atoms with Gasteiger partial charge >= 0.3 is 5.97 Å². The van der Waals surface area contributed by atoms with Crippen LogP contribution in [0.25, 0.3) is 6.08 Å². The van der Waals surface area contributed by atoms with Crippen LogP contribution in [0.1, 0.15) is 19.4 Å². The number of carbonyl (C=O) groups is 3. The van der Waals surface area contributed by atoms with Gasteiger partial charge in [0, 0.05) is 10.0 Å². The average Bonchev–Trinajstić information content (AvgIpc) is 2.75. The Morgan fingerprint density at radius 3 is 2.67 bits per heavy atom. The standard InChI is InChI=1S/C16H15Cl2NO4S/c1-9(2)8-23-14(20)7-19-15(21)13(24-16(19)22)5-10-3-4-11(17)6-12(10)18/h3-6,9H,7-8H2,1-2H3/b13-5+. The SMILES string of the molecule is CC(C)COC(=O)CN1C(=O)S/C(=C/c2ccc(Cl)cc2Cl)C1=O. The zero-order chi connectivity index (χ0) is 17.9. The number of carbonyl (C=O) groups excluding carboxylic acids is 3. The van der Waals surface area contributed by atoms with Crippen molar-refractivity contribution < 1.29 is 19.1 Å². The highest BCUT2D eigenvalue weighted by Crippen LogP contribution is 2.33. The second-order valence-corrected chi connectivity index (χ2v) is 7.35. The number of nitrogens with zero attached hydrogens (tertiary/aromatic N) is 1. The largest absolute Gasteiger partial charge is 0.464 e. The van der Waals surface area contributed by atoms with Crippen molar-refractivity contribution >= 4 is 58.2 Å². The Labute approximate surface area is 153 Å². The summed E-state index contributed by atoms with van der Waals surface area (Å²) in [6, 6.07) is 4.82. The number of halogens is 2. The Bertz CT molecular complexity index is 718. The van der Waals surface area contributed by atoms with Gasteiger partial charge in [0.25, 0.3) is 11.1 Å². The van der Waals surface area contributed by atoms with E-state index in [1.807, 2.05) is 13.8 Å². The minimum Gasteiger partial charge on any atom is -0.464 e. The third-order valence-electron chi connectivity index (χ3n) is 2.99. The molecule has 0 radical (unpaired) electrons. The van der Waals surface area contributed by atoms with Gasteiger partial charge < -0.3 is 4.74 Å². The first kappa shape index (κ1) is 18.8. The van der Waals surface area contributed by atoms with Crippen molar-refractivity contribution in [2.24, 2.45) is 5.92 Å². The second-order valence-electron chi connectivity index (χ2n) is 5.51. The molecule has 24 heavy (non-hydrogen) atoms. The number of rotatable bonds is 5. The minimum atomic E-state index is -0.614. The smallest absolute Gasteiger partial charge is 0.326 e. The molecule has 8 heteroatoms. The van der Waals surface area contributed by atoms with Gasteiger partial charge in [0.05, 0.1) is 11.5 Å². The fraction of sp³-hybridized carbons (Fsp3) is 0.312. The monoisotopic (exact) mass is 387 g/mol. The molecule has 2 amide bonds. The minimum absolute atomic E-state index is 0.177. The number of ether oxygens (including phenoxy) is 1. The molecule has 0 aliphatic carbocycles. The molecule has 1 aliphatic rings. The molecule has 0 N–H and O–H groups in total. The third-order valence-corrected chi connectivity index (χ3v) is 4.46. The molecule has 128 valence electrons. The summed E-state index contributed by atoms with van der Waals surface area (Å²) in [5.74, 6) is -0.981. The van der Waals surface area contributed by atoms with E-state index >= 15 is 0 Å². The highest BCUT2D eigenvalue weighted by molar-refractivity contribution is 8.18. The van der Waals surface area contributed by atoms with Crippen molar-refractivity contribution in [2.75, 3.05) is 13.2 Å². The maximum Gasteiger partial charge on any atom is 0.326 e. The molecule has 1 aromatic rings. The molecule has 0 atom stereocenters. The van der Waals surface area contributed by atoms with Gasteiger partial charge in [-0.1, -0.05) is 43.1 Å². The maximum absolute atomic E-state index is 12.3. The molecule has 0 aromatic heterocycles. The first-order valence-corrected chi connectivity index (χ1v) is 8.71. The molecule has 1 aromatic carbocycles. The van der Waals surface area contributed by atoms with E-state index in [4.69, 9.17) is 27.9 Å². The molecule has 0 unspecified atom stereocenters. The molecular formula is C16H15Cl2NO4S. The van der Waals surface area contributed by atoms with Crippen LogP contribution in [-0.4, -0.2) is 35.2 Å². The van der Waals surface area contributed by atoms with Gasteiger partial charge in [-0.15, -0.1) is 0 Å². The van der Waals surface area contributed by atoms with Crippen LogP contribution in [0.2, 0.25) is 10.0 Å². The summed E-state index contributed by atoms with van der Waals surface area (Å²) in [4.78, 5) is 37.1. The lowest BCUT2D eigenvalue weighted by Gasteiger charge is -2.12. The van der Waals surface area contributed by atoms with Gasteiger partial charge in [-0.2, -0.15) is 0 Å². The van der Waals surface area contributed by atoms with E-state index in [0.717, 1.165) is 16.7 Å². The van der Waals surface area contributed by atoms with Gasteiger partial charge in [0.15, 0.2) is 0 Å². The van der Waals surface area contributed by atoms with E-state index in [9.17, 15) is 14.4 Å². The van der Waals surface area contributed by atoms with Crippen LogP contribution in [-0.2, 0) is 14.3 Å². The third kappa shape index (κ3) is 4.75. The molecule has 1 heterocycles. The van der Waals surface area contributed by atoms with Gasteiger partial charge in [-0.25, -0.2) is 0 Å². The number of amides is 2. The van der Waals surface area contributed by atoms with E-state index in [0.29, 0.717) is 15.6 Å². The summed E-state index contributed by atoms with van der Waals surface area (Å²) in [5.41, 5.74) is 0.564. The Balaban J connectivity index is 2.10. The Morgan fingerprint density at radius 2 is 2.04 bits per heavy atom. The van der Waals surface area contributed by atoms with Crippen molar-refractivity contribution in [3.05, 3.63) is 38.7 Å². The number of thioether (sulfide) groups is 1. The molecular weight excluding hydrogens is 373 g/mol. The van der Waals surface area contributed by atoms with Gasteiger partial charge in [-0.3, -0.25) is 19.3 Å². The summed E-state index contributed by atoms with van der Waals surface area (Å²) < 4.78 is 5.00. The normalized spacial score (nSPS) is 16.4. The Morgan fingerprint density at radius 1 is 1.33 bits per heavy atom. The van der Waals surface area contributed by atoms with E-state index in [-0.39, 0.29) is 17.4 Å². The molecule has 5 nitrogen and oxygen atoms in total. The lowest BCUT2D eigenvalue weighted by Crippen LogP contribution is -2.34. The van der Waals surface area contributed by atoms with Gasteiger partial charge in [0.2, 0.25) is 0 Å². The van der Waals surface area contributed by atoms with Crippen LogP contribution in [0.15, 0.2) is 23.1 Å². The molecule has 1 saturated heterocycles. The zero-order valence-electron chi connectivity index (χ0n) is 13.0. The Hall–Kier alpha value is -1.50. The Kier molecular flexibility index (Phi) is 6.32. The molecule has 1 aliphatic heterocycles. The first-order chi connectivity index (χ1) is 11.3. The van der Waals surface area contributed by atoms with E-state index in [2.05, 4.69) is 0 Å². The first-order valence-electron chi connectivity index (χ1n) is 7.14. The highest BCUT2D eigenvalue weighted by atomic mass is 35.5. The van der Waals surface area contributed by atoms with Crippen molar-refractivity contribution in [1.29, 1.82) is 0 Å². The lowest BCUT2D eigenvalue weighted by atomic mass is 10.2. The van der Waals surface area contributed by atoms with Gasteiger partial charge in [-0.05, 0) is 41.5 Å². The molecule has 1 fully saturated rings. The molecule has 0 spiro atoms. The summed E-state index contributed by atoms with van der Waals surface area (Å²) >= 11 is 12.6. The van der Waals surface area contributed by atoms with Crippen LogP contribution in [0.4, 0.5) is 4.79 Å². The summed E-state index contributed by atoms with van der Waals surface area (Å²) in [6.07, 6.45) is 1.50. The predicted octanol–water partition coefficient (Wildman–Crippen LogP) is 4.23. The lowest BCUT2D eigenvalue weighted by molar-refractivity contribution is -0.147. The number of hydrogen-bond donors (Lipinski definition) is 0. The summed E-state index contributed by atoms with van der Waals surface area (Å²) in [6.45, 7) is 3.63. The zero-order valence-corrected chi connectivity index (χ0v) is 15.4. The quantitative estimate of drug-likeness (QED) is 0.558. The van der Waals surface area contributed by atoms with Crippen LogP contribution in [0, 0.1) is 5.92 Å². The van der Waals surface area contributed by atoms with Crippen LogP contribution < -0.4 is 0 Å². The van der Waals surface area contributed by atoms with Crippen LogP contribution >= 0.6 is 35.0 Å². The second kappa shape index (κ2) is 8.05. The van der Waals surface area contributed by atoms with E-state index in [1.165, 1.54) is 6.08 Å². The molecule has 2 rings (SSSR count). The van der Waals surface area contributed by atoms with E-state index < -0.39 is 23.7 Å². The van der Waals surface area contributed by atoms with Crippen molar-refractivity contribution in [1.82, 2.24) is 4.90 Å².